The molecule has 0 N–H and O–H groups in total. The maximum absolute atomic E-state index is 13.1. The number of carbonyl (C=O) groups is 1. The molecule has 0 spiro atoms. The molecule has 1 aliphatic heterocycles. The maximum Gasteiger partial charge on any atom is 0.237 e. The summed E-state index contributed by atoms with van der Waals surface area (Å²) in [6.07, 6.45) is 1.24. The van der Waals surface area contributed by atoms with E-state index in [1.807, 2.05) is 54.8 Å². The molecule has 0 saturated carbocycles. The van der Waals surface area contributed by atoms with Crippen molar-refractivity contribution in [2.45, 2.75) is 19.8 Å². The van der Waals surface area contributed by atoms with E-state index in [-0.39, 0.29) is 5.91 Å². The van der Waals surface area contributed by atoms with Gasteiger partial charge in [-0.05, 0) is 36.2 Å². The highest BCUT2D eigenvalue weighted by molar-refractivity contribution is 7.14. The van der Waals surface area contributed by atoms with Crippen molar-refractivity contribution in [1.82, 2.24) is 4.98 Å². The molecule has 126 valence electrons. The summed E-state index contributed by atoms with van der Waals surface area (Å²) in [4.78, 5) is 19.3. The average Bonchev–Trinajstić information content (AvgIpc) is 3.24. The predicted octanol–water partition coefficient (Wildman–Crippen LogP) is 4.29. The van der Waals surface area contributed by atoms with Crippen LogP contribution in [0, 0.1) is 6.92 Å². The molecule has 1 aliphatic rings. The second-order valence-corrected chi connectivity index (χ2v) is 6.89. The first-order valence-corrected chi connectivity index (χ1v) is 9.13. The number of anilines is 2. The molecule has 0 atom stereocenters. The van der Waals surface area contributed by atoms with Gasteiger partial charge in [0.05, 0.1) is 24.4 Å². The van der Waals surface area contributed by atoms with Gasteiger partial charge < -0.3 is 4.74 Å². The SMILES string of the molecule is Cc1csc(N(C(=O)Cc2ccc3c(c2)CCO3)c2ccccc2)n1. The van der Waals surface area contributed by atoms with Crippen LogP contribution in [-0.2, 0) is 17.6 Å². The molecular formula is C20H18N2O2S. The van der Waals surface area contributed by atoms with Crippen molar-refractivity contribution in [3.05, 3.63) is 70.7 Å². The second-order valence-electron chi connectivity index (χ2n) is 6.05. The summed E-state index contributed by atoms with van der Waals surface area (Å²) in [5, 5.41) is 2.67. The van der Waals surface area contributed by atoms with Gasteiger partial charge in [0, 0.05) is 11.8 Å². The molecule has 1 amide bonds. The minimum atomic E-state index is 0.0133. The van der Waals surface area contributed by atoms with Crippen LogP contribution in [0.5, 0.6) is 5.75 Å². The van der Waals surface area contributed by atoms with E-state index >= 15 is 0 Å². The number of hydrogen-bond donors (Lipinski definition) is 0. The van der Waals surface area contributed by atoms with Crippen LogP contribution >= 0.6 is 11.3 Å². The molecule has 4 nitrogen and oxygen atoms in total. The fourth-order valence-electron chi connectivity index (χ4n) is 2.99. The van der Waals surface area contributed by atoms with Crippen LogP contribution in [0.3, 0.4) is 0 Å². The lowest BCUT2D eigenvalue weighted by molar-refractivity contribution is -0.117. The monoisotopic (exact) mass is 350 g/mol. The van der Waals surface area contributed by atoms with E-state index in [9.17, 15) is 4.79 Å². The Kier molecular flexibility index (Phi) is 4.24. The van der Waals surface area contributed by atoms with E-state index in [1.54, 1.807) is 4.90 Å². The van der Waals surface area contributed by atoms with Gasteiger partial charge in [0.2, 0.25) is 5.91 Å². The number of thiazole rings is 1. The summed E-state index contributed by atoms with van der Waals surface area (Å²) in [6.45, 7) is 2.66. The highest BCUT2D eigenvalue weighted by Crippen LogP contribution is 2.30. The fourth-order valence-corrected chi connectivity index (χ4v) is 3.82. The molecule has 25 heavy (non-hydrogen) atoms. The summed E-state index contributed by atoms with van der Waals surface area (Å²) >= 11 is 1.49. The van der Waals surface area contributed by atoms with Crippen molar-refractivity contribution < 1.29 is 9.53 Å². The maximum atomic E-state index is 13.1. The van der Waals surface area contributed by atoms with Gasteiger partial charge in [0.15, 0.2) is 5.13 Å². The number of aromatic nitrogens is 1. The van der Waals surface area contributed by atoms with E-state index < -0.39 is 0 Å². The number of rotatable bonds is 4. The smallest absolute Gasteiger partial charge is 0.237 e. The summed E-state index contributed by atoms with van der Waals surface area (Å²) in [7, 11) is 0. The highest BCUT2D eigenvalue weighted by atomic mass is 32.1. The Morgan fingerprint density at radius 3 is 2.84 bits per heavy atom. The van der Waals surface area contributed by atoms with Crippen molar-refractivity contribution in [2.75, 3.05) is 11.5 Å². The second kappa shape index (κ2) is 6.69. The van der Waals surface area contributed by atoms with Crippen LogP contribution in [0.15, 0.2) is 53.9 Å². The Labute approximate surface area is 150 Å². The number of para-hydroxylation sites is 1. The van der Waals surface area contributed by atoms with Gasteiger partial charge in [-0.15, -0.1) is 11.3 Å². The number of benzene rings is 2. The highest BCUT2D eigenvalue weighted by Gasteiger charge is 2.22. The summed E-state index contributed by atoms with van der Waals surface area (Å²) < 4.78 is 5.54. The van der Waals surface area contributed by atoms with Gasteiger partial charge in [-0.2, -0.15) is 0 Å². The van der Waals surface area contributed by atoms with Crippen molar-refractivity contribution in [1.29, 1.82) is 0 Å². The van der Waals surface area contributed by atoms with Crippen LogP contribution in [0.25, 0.3) is 0 Å². The Hall–Kier alpha value is -2.66. The molecule has 5 heteroatoms. The van der Waals surface area contributed by atoms with Crippen molar-refractivity contribution in [2.24, 2.45) is 0 Å². The molecule has 0 saturated heterocycles. The molecule has 0 aliphatic carbocycles. The first-order chi connectivity index (χ1) is 12.2. The first-order valence-electron chi connectivity index (χ1n) is 8.25. The molecule has 0 unspecified atom stereocenters. The zero-order valence-electron chi connectivity index (χ0n) is 13.9. The van der Waals surface area contributed by atoms with Crippen molar-refractivity contribution in [3.8, 4) is 5.75 Å². The van der Waals surface area contributed by atoms with Crippen LogP contribution in [0.1, 0.15) is 16.8 Å². The molecule has 0 bridgehead atoms. The lowest BCUT2D eigenvalue weighted by atomic mass is 10.1. The van der Waals surface area contributed by atoms with Crippen LogP contribution in [0.4, 0.5) is 10.8 Å². The molecule has 3 aromatic rings. The van der Waals surface area contributed by atoms with E-state index in [1.165, 1.54) is 16.9 Å². The zero-order chi connectivity index (χ0) is 17.2. The van der Waals surface area contributed by atoms with Gasteiger partial charge in [-0.3, -0.25) is 9.69 Å². The molecule has 0 fully saturated rings. The Balaban J connectivity index is 1.64. The molecule has 2 heterocycles. The van der Waals surface area contributed by atoms with Crippen LogP contribution in [0.2, 0.25) is 0 Å². The Bertz CT molecular complexity index is 905. The Morgan fingerprint density at radius 2 is 2.08 bits per heavy atom. The van der Waals surface area contributed by atoms with Gasteiger partial charge in [0.25, 0.3) is 0 Å². The molecule has 1 aromatic heterocycles. The number of fused-ring (bicyclic) bond motifs is 1. The average molecular weight is 350 g/mol. The van der Waals surface area contributed by atoms with Crippen molar-refractivity contribution in [3.63, 3.8) is 0 Å². The third-order valence-corrected chi connectivity index (χ3v) is 5.11. The summed E-state index contributed by atoms with van der Waals surface area (Å²) in [5.41, 5.74) is 3.94. The lowest BCUT2D eigenvalue weighted by Crippen LogP contribution is -2.27. The van der Waals surface area contributed by atoms with E-state index in [2.05, 4.69) is 11.1 Å². The molecule has 4 rings (SSSR count). The van der Waals surface area contributed by atoms with Crippen LogP contribution < -0.4 is 9.64 Å². The zero-order valence-corrected chi connectivity index (χ0v) is 14.8. The third-order valence-electron chi connectivity index (χ3n) is 4.17. The Morgan fingerprint density at radius 1 is 1.24 bits per heavy atom. The number of nitrogens with zero attached hydrogens (tertiary/aromatic N) is 2. The largest absolute Gasteiger partial charge is 0.493 e. The van der Waals surface area contributed by atoms with E-state index in [0.29, 0.717) is 11.6 Å². The number of amides is 1. The molecule has 0 radical (unpaired) electrons. The van der Waals surface area contributed by atoms with Gasteiger partial charge in [-0.1, -0.05) is 30.3 Å². The minimum absolute atomic E-state index is 0.0133. The normalized spacial score (nSPS) is 12.5. The quantitative estimate of drug-likeness (QED) is 0.705. The topological polar surface area (TPSA) is 42.4 Å². The van der Waals surface area contributed by atoms with E-state index in [4.69, 9.17) is 4.74 Å². The van der Waals surface area contributed by atoms with Gasteiger partial charge in [-0.25, -0.2) is 4.98 Å². The van der Waals surface area contributed by atoms with Crippen molar-refractivity contribution >= 4 is 28.1 Å². The standard InChI is InChI=1S/C20H18N2O2S/c1-14-13-25-20(21-14)22(17-5-3-2-4-6-17)19(23)12-15-7-8-18-16(11-15)9-10-24-18/h2-8,11,13H,9-10,12H2,1H3. The predicted molar refractivity (Wildman–Crippen MR) is 99.8 cm³/mol. The number of ether oxygens (including phenoxy) is 1. The first kappa shape index (κ1) is 15.8. The van der Waals surface area contributed by atoms with E-state index in [0.717, 1.165) is 35.7 Å². The number of aryl methyl sites for hydroxylation is 1. The number of hydrogen-bond acceptors (Lipinski definition) is 4. The fraction of sp³-hybridized carbons (Fsp3) is 0.200. The summed E-state index contributed by atoms with van der Waals surface area (Å²) in [6, 6.07) is 15.7. The molecule has 2 aromatic carbocycles. The van der Waals surface area contributed by atoms with Gasteiger partial charge in [0.1, 0.15) is 5.75 Å². The molecular weight excluding hydrogens is 332 g/mol. The van der Waals surface area contributed by atoms with Gasteiger partial charge >= 0.3 is 0 Å². The summed E-state index contributed by atoms with van der Waals surface area (Å²) in [5.74, 6) is 0.950. The minimum Gasteiger partial charge on any atom is -0.493 e. The van der Waals surface area contributed by atoms with Crippen LogP contribution in [-0.4, -0.2) is 17.5 Å². The third kappa shape index (κ3) is 3.28. The number of carbonyl (C=O) groups excluding carboxylic acids is 1. The lowest BCUT2D eigenvalue weighted by Gasteiger charge is -2.20.